The number of rotatable bonds is 10. The van der Waals surface area contributed by atoms with Gasteiger partial charge in [0.2, 0.25) is 5.91 Å². The van der Waals surface area contributed by atoms with Crippen LogP contribution in [0, 0.1) is 0 Å². The molecule has 0 heterocycles. The van der Waals surface area contributed by atoms with E-state index in [0.29, 0.717) is 6.54 Å². The van der Waals surface area contributed by atoms with Gasteiger partial charge in [-0.3, -0.25) is 4.79 Å². The summed E-state index contributed by atoms with van der Waals surface area (Å²) in [6.45, 7) is 6.72. The van der Waals surface area contributed by atoms with Crippen molar-refractivity contribution in [3.05, 3.63) is 65.7 Å². The molecule has 0 saturated heterocycles. The van der Waals surface area contributed by atoms with Crippen LogP contribution in [-0.4, -0.2) is 23.8 Å². The van der Waals surface area contributed by atoms with Gasteiger partial charge in [-0.25, -0.2) is 0 Å². The molecule has 0 bridgehead atoms. The van der Waals surface area contributed by atoms with Crippen molar-refractivity contribution < 1.29 is 9.53 Å². The summed E-state index contributed by atoms with van der Waals surface area (Å²) in [5, 5.41) is 3.00. The van der Waals surface area contributed by atoms with Crippen molar-refractivity contribution in [3.8, 4) is 5.75 Å². The highest BCUT2D eigenvalue weighted by atomic mass is 32.2. The Morgan fingerprint density at radius 3 is 2.50 bits per heavy atom. The number of aryl methyl sites for hydroxylation is 1. The van der Waals surface area contributed by atoms with Gasteiger partial charge >= 0.3 is 0 Å². The number of hydrogen-bond acceptors (Lipinski definition) is 3. The van der Waals surface area contributed by atoms with Crippen molar-refractivity contribution >= 4 is 17.7 Å². The van der Waals surface area contributed by atoms with Crippen LogP contribution in [0.25, 0.3) is 0 Å². The second-order valence-electron chi connectivity index (χ2n) is 6.65. The van der Waals surface area contributed by atoms with Gasteiger partial charge < -0.3 is 10.1 Å². The highest BCUT2D eigenvalue weighted by Crippen LogP contribution is 2.18. The topological polar surface area (TPSA) is 38.3 Å². The van der Waals surface area contributed by atoms with Gasteiger partial charge in [0.1, 0.15) is 5.75 Å². The molecule has 1 atom stereocenters. The summed E-state index contributed by atoms with van der Waals surface area (Å²) >= 11 is 1.67. The van der Waals surface area contributed by atoms with E-state index in [1.165, 1.54) is 11.1 Å². The first-order chi connectivity index (χ1) is 12.5. The highest BCUT2D eigenvalue weighted by Gasteiger charge is 2.12. The van der Waals surface area contributed by atoms with Crippen LogP contribution in [0.15, 0.2) is 54.6 Å². The van der Waals surface area contributed by atoms with Crippen molar-refractivity contribution in [1.82, 2.24) is 5.32 Å². The maximum absolute atomic E-state index is 12.2. The summed E-state index contributed by atoms with van der Waals surface area (Å²) in [6, 6.07) is 18.4. The Bertz CT molecular complexity index is 673. The van der Waals surface area contributed by atoms with Crippen LogP contribution in [-0.2, 0) is 17.0 Å². The Labute approximate surface area is 161 Å². The van der Waals surface area contributed by atoms with Crippen LogP contribution < -0.4 is 10.1 Å². The number of hydrogen-bond donors (Lipinski definition) is 1. The van der Waals surface area contributed by atoms with Crippen LogP contribution in [0.3, 0.4) is 0 Å². The number of ether oxygens (including phenoxy) is 1. The van der Waals surface area contributed by atoms with E-state index in [9.17, 15) is 4.79 Å². The third-order valence-corrected chi connectivity index (χ3v) is 5.14. The molecule has 0 aliphatic rings. The standard InChI is InChI=1S/C22H29NO2S/c1-17(2)25-21-13-7-11-19(15-21)12-8-14-23-22(24)18(3)26-16-20-9-5-4-6-10-20/h4-7,9-11,13,15,17-18H,8,12,14,16H2,1-3H3,(H,23,24). The van der Waals surface area contributed by atoms with Crippen LogP contribution >= 0.6 is 11.8 Å². The second-order valence-corrected chi connectivity index (χ2v) is 7.98. The van der Waals surface area contributed by atoms with Gasteiger partial charge in [-0.15, -0.1) is 11.8 Å². The molecule has 1 amide bonds. The molecule has 0 fully saturated rings. The number of thioether (sulfide) groups is 1. The maximum Gasteiger partial charge on any atom is 0.232 e. The van der Waals surface area contributed by atoms with Gasteiger partial charge in [0.25, 0.3) is 0 Å². The zero-order valence-electron chi connectivity index (χ0n) is 15.9. The first-order valence-electron chi connectivity index (χ1n) is 9.23. The highest BCUT2D eigenvalue weighted by molar-refractivity contribution is 7.99. The Kier molecular flexibility index (Phi) is 8.56. The molecule has 0 spiro atoms. The molecule has 1 N–H and O–H groups in total. The fourth-order valence-electron chi connectivity index (χ4n) is 2.57. The molecule has 26 heavy (non-hydrogen) atoms. The third-order valence-electron chi connectivity index (χ3n) is 3.92. The molecule has 2 rings (SSSR count). The Morgan fingerprint density at radius 1 is 1.04 bits per heavy atom. The van der Waals surface area contributed by atoms with Gasteiger partial charge in [-0.05, 0) is 56.9 Å². The summed E-state index contributed by atoms with van der Waals surface area (Å²) in [7, 11) is 0. The minimum atomic E-state index is -0.0435. The fourth-order valence-corrected chi connectivity index (χ4v) is 3.44. The fraction of sp³-hybridized carbons (Fsp3) is 0.409. The van der Waals surface area contributed by atoms with Gasteiger partial charge in [0.15, 0.2) is 0 Å². The number of nitrogens with one attached hydrogen (secondary N) is 1. The number of carbonyl (C=O) groups is 1. The lowest BCUT2D eigenvalue weighted by Crippen LogP contribution is -2.31. The molecule has 0 saturated carbocycles. The second kappa shape index (κ2) is 10.9. The van der Waals surface area contributed by atoms with Crippen molar-refractivity contribution in [3.63, 3.8) is 0 Å². The van der Waals surface area contributed by atoms with Crippen molar-refractivity contribution in [2.24, 2.45) is 0 Å². The van der Waals surface area contributed by atoms with E-state index in [4.69, 9.17) is 4.74 Å². The van der Waals surface area contributed by atoms with Gasteiger partial charge in [-0.2, -0.15) is 0 Å². The van der Waals surface area contributed by atoms with E-state index in [0.717, 1.165) is 24.3 Å². The maximum atomic E-state index is 12.2. The van der Waals surface area contributed by atoms with Gasteiger partial charge in [0.05, 0.1) is 11.4 Å². The molecule has 2 aromatic rings. The van der Waals surface area contributed by atoms with E-state index in [1.54, 1.807) is 11.8 Å². The molecule has 0 radical (unpaired) electrons. The monoisotopic (exact) mass is 371 g/mol. The summed E-state index contributed by atoms with van der Waals surface area (Å²) in [4.78, 5) is 12.2. The zero-order chi connectivity index (χ0) is 18.8. The average molecular weight is 372 g/mol. The summed E-state index contributed by atoms with van der Waals surface area (Å²) in [5.74, 6) is 1.88. The molecule has 0 aliphatic carbocycles. The van der Waals surface area contributed by atoms with Crippen LogP contribution in [0.5, 0.6) is 5.75 Å². The van der Waals surface area contributed by atoms with E-state index in [1.807, 2.05) is 51.1 Å². The molecule has 1 unspecified atom stereocenters. The van der Waals surface area contributed by atoms with E-state index in [-0.39, 0.29) is 17.3 Å². The first kappa shape index (κ1) is 20.4. The molecule has 3 nitrogen and oxygen atoms in total. The molecule has 0 aromatic heterocycles. The summed E-state index contributed by atoms with van der Waals surface area (Å²) in [6.07, 6.45) is 2.04. The average Bonchev–Trinajstić information content (AvgIpc) is 2.63. The molecular formula is C22H29NO2S. The Morgan fingerprint density at radius 2 is 1.77 bits per heavy atom. The van der Waals surface area contributed by atoms with Crippen LogP contribution in [0.4, 0.5) is 0 Å². The Balaban J connectivity index is 1.66. The molecule has 4 heteroatoms. The lowest BCUT2D eigenvalue weighted by molar-refractivity contribution is -0.120. The molecule has 140 valence electrons. The number of amides is 1. The zero-order valence-corrected chi connectivity index (χ0v) is 16.7. The molecular weight excluding hydrogens is 342 g/mol. The molecule has 2 aromatic carbocycles. The van der Waals surface area contributed by atoms with Gasteiger partial charge in [0, 0.05) is 12.3 Å². The lowest BCUT2D eigenvalue weighted by Gasteiger charge is -2.13. The smallest absolute Gasteiger partial charge is 0.232 e. The first-order valence-corrected chi connectivity index (χ1v) is 10.3. The number of carbonyl (C=O) groups excluding carboxylic acids is 1. The minimum absolute atomic E-state index is 0.0435. The van der Waals surface area contributed by atoms with Crippen LogP contribution in [0.2, 0.25) is 0 Å². The van der Waals surface area contributed by atoms with Crippen molar-refractivity contribution in [2.45, 2.75) is 50.7 Å². The van der Waals surface area contributed by atoms with Crippen LogP contribution in [0.1, 0.15) is 38.3 Å². The Hall–Kier alpha value is -1.94. The van der Waals surface area contributed by atoms with Crippen molar-refractivity contribution in [2.75, 3.05) is 6.54 Å². The van der Waals surface area contributed by atoms with E-state index < -0.39 is 0 Å². The van der Waals surface area contributed by atoms with E-state index >= 15 is 0 Å². The summed E-state index contributed by atoms with van der Waals surface area (Å²) in [5.41, 5.74) is 2.49. The van der Waals surface area contributed by atoms with E-state index in [2.05, 4.69) is 29.6 Å². The quantitative estimate of drug-likeness (QED) is 0.607. The van der Waals surface area contributed by atoms with Crippen molar-refractivity contribution in [1.29, 1.82) is 0 Å². The predicted octanol–water partition coefficient (Wildman–Crippen LogP) is 4.84. The van der Waals surface area contributed by atoms with Gasteiger partial charge in [-0.1, -0.05) is 42.5 Å². The normalized spacial score (nSPS) is 12.0. The minimum Gasteiger partial charge on any atom is -0.491 e. The number of benzene rings is 2. The SMILES string of the molecule is CC(C)Oc1cccc(CCCNC(=O)C(C)SCc2ccccc2)c1. The third kappa shape index (κ3) is 7.52. The lowest BCUT2D eigenvalue weighted by atomic mass is 10.1. The largest absolute Gasteiger partial charge is 0.491 e. The molecule has 0 aliphatic heterocycles. The summed E-state index contributed by atoms with van der Waals surface area (Å²) < 4.78 is 5.72. The predicted molar refractivity (Wildman–Crippen MR) is 111 cm³/mol.